The average Bonchev–Trinajstić information content (AvgIpc) is 2.66. The molecule has 26 heavy (non-hydrogen) atoms. The van der Waals surface area contributed by atoms with E-state index in [0.717, 1.165) is 10.2 Å². The fourth-order valence-corrected chi connectivity index (χ4v) is 3.61. The molecule has 0 amide bonds. The van der Waals surface area contributed by atoms with Gasteiger partial charge in [-0.05, 0) is 42.8 Å². The number of hydrogen-bond acceptors (Lipinski definition) is 5. The fourth-order valence-electron chi connectivity index (χ4n) is 2.51. The van der Waals surface area contributed by atoms with E-state index < -0.39 is 0 Å². The molecule has 0 aliphatic rings. The predicted octanol–water partition coefficient (Wildman–Crippen LogP) is 3.71. The van der Waals surface area contributed by atoms with E-state index in [1.165, 1.54) is 11.8 Å². The number of fused-ring (bicyclic) bond motifs is 1. The van der Waals surface area contributed by atoms with Crippen LogP contribution in [0.5, 0.6) is 5.75 Å². The Morgan fingerprint density at radius 2 is 1.92 bits per heavy atom. The van der Waals surface area contributed by atoms with Gasteiger partial charge >= 0.3 is 0 Å². The standard InChI is InChI=1S/C19H19BrN2O3S/c20-14-6-8-15(9-7-14)25-12-13-26-19-21-17-5-2-1-4-16(17)18(24)22(19)10-3-11-23/h1-2,4-9,23H,3,10-13H2. The zero-order chi connectivity index (χ0) is 18.4. The van der Waals surface area contributed by atoms with Crippen molar-refractivity contribution >= 4 is 38.6 Å². The number of hydrogen-bond donors (Lipinski definition) is 1. The van der Waals surface area contributed by atoms with Crippen LogP contribution in [0, 0.1) is 0 Å². The molecule has 0 saturated heterocycles. The van der Waals surface area contributed by atoms with Crippen molar-refractivity contribution in [3.05, 3.63) is 63.4 Å². The van der Waals surface area contributed by atoms with Gasteiger partial charge < -0.3 is 9.84 Å². The van der Waals surface area contributed by atoms with Crippen LogP contribution in [-0.4, -0.2) is 33.6 Å². The van der Waals surface area contributed by atoms with Crippen molar-refractivity contribution in [3.63, 3.8) is 0 Å². The van der Waals surface area contributed by atoms with Gasteiger partial charge in [0.1, 0.15) is 5.75 Å². The van der Waals surface area contributed by atoms with Gasteiger partial charge in [0.25, 0.3) is 5.56 Å². The summed E-state index contributed by atoms with van der Waals surface area (Å²) < 4.78 is 8.37. The molecular formula is C19H19BrN2O3S. The Labute approximate surface area is 164 Å². The van der Waals surface area contributed by atoms with Gasteiger partial charge in [0.2, 0.25) is 0 Å². The third-order valence-corrected chi connectivity index (χ3v) is 5.23. The van der Waals surface area contributed by atoms with Gasteiger partial charge in [-0.15, -0.1) is 0 Å². The third-order valence-electron chi connectivity index (χ3n) is 3.76. The highest BCUT2D eigenvalue weighted by Crippen LogP contribution is 2.20. The molecule has 0 unspecified atom stereocenters. The van der Waals surface area contributed by atoms with Gasteiger partial charge in [-0.3, -0.25) is 9.36 Å². The Balaban J connectivity index is 1.73. The Morgan fingerprint density at radius 1 is 1.15 bits per heavy atom. The molecule has 0 radical (unpaired) electrons. The highest BCUT2D eigenvalue weighted by molar-refractivity contribution is 9.10. The summed E-state index contributed by atoms with van der Waals surface area (Å²) in [6.45, 7) is 0.994. The first kappa shape index (κ1) is 18.9. The van der Waals surface area contributed by atoms with Crippen LogP contribution in [0.4, 0.5) is 0 Å². The minimum Gasteiger partial charge on any atom is -0.493 e. The van der Waals surface area contributed by atoms with Crippen molar-refractivity contribution in [1.29, 1.82) is 0 Å². The first-order valence-corrected chi connectivity index (χ1v) is 10.1. The number of aliphatic hydroxyl groups excluding tert-OH is 1. The third kappa shape index (κ3) is 4.66. The van der Waals surface area contributed by atoms with Crippen LogP contribution in [0.25, 0.3) is 10.9 Å². The summed E-state index contributed by atoms with van der Waals surface area (Å²) >= 11 is 4.88. The zero-order valence-electron chi connectivity index (χ0n) is 14.1. The van der Waals surface area contributed by atoms with Crippen molar-refractivity contribution in [1.82, 2.24) is 9.55 Å². The van der Waals surface area contributed by atoms with Crippen LogP contribution in [0.2, 0.25) is 0 Å². The largest absolute Gasteiger partial charge is 0.493 e. The maximum Gasteiger partial charge on any atom is 0.262 e. The number of nitrogens with zero attached hydrogens (tertiary/aromatic N) is 2. The van der Waals surface area contributed by atoms with E-state index in [1.54, 1.807) is 10.6 Å². The van der Waals surface area contributed by atoms with Gasteiger partial charge in [-0.2, -0.15) is 0 Å². The van der Waals surface area contributed by atoms with E-state index >= 15 is 0 Å². The van der Waals surface area contributed by atoms with Crippen LogP contribution in [0.1, 0.15) is 6.42 Å². The predicted molar refractivity (Wildman–Crippen MR) is 108 cm³/mol. The Bertz CT molecular complexity index is 928. The van der Waals surface area contributed by atoms with E-state index in [1.807, 2.05) is 42.5 Å². The number of aromatic nitrogens is 2. The molecule has 0 fully saturated rings. The minimum absolute atomic E-state index is 0.0377. The number of rotatable bonds is 8. The summed E-state index contributed by atoms with van der Waals surface area (Å²) in [5.41, 5.74) is 0.620. The quantitative estimate of drug-likeness (QED) is 0.332. The fraction of sp³-hybridized carbons (Fsp3) is 0.263. The maximum atomic E-state index is 12.7. The monoisotopic (exact) mass is 434 g/mol. The number of halogens is 1. The molecule has 0 bridgehead atoms. The smallest absolute Gasteiger partial charge is 0.262 e. The summed E-state index contributed by atoms with van der Waals surface area (Å²) in [6, 6.07) is 15.0. The number of aliphatic hydroxyl groups is 1. The molecule has 0 spiro atoms. The normalized spacial score (nSPS) is 11.0. The maximum absolute atomic E-state index is 12.7. The number of thioether (sulfide) groups is 1. The second-order valence-electron chi connectivity index (χ2n) is 5.60. The molecular weight excluding hydrogens is 416 g/mol. The lowest BCUT2D eigenvalue weighted by Gasteiger charge is -2.13. The van der Waals surface area contributed by atoms with Crippen LogP contribution in [0.15, 0.2) is 63.0 Å². The topological polar surface area (TPSA) is 64.3 Å². The number of ether oxygens (including phenoxy) is 1. The highest BCUT2D eigenvalue weighted by Gasteiger charge is 2.11. The number of para-hydroxylation sites is 1. The zero-order valence-corrected chi connectivity index (χ0v) is 16.5. The van der Waals surface area contributed by atoms with Crippen molar-refractivity contribution in [3.8, 4) is 5.75 Å². The lowest BCUT2D eigenvalue weighted by atomic mass is 10.2. The van der Waals surface area contributed by atoms with Crippen molar-refractivity contribution in [2.75, 3.05) is 19.0 Å². The van der Waals surface area contributed by atoms with E-state index in [2.05, 4.69) is 20.9 Å². The SMILES string of the molecule is O=c1c2ccccc2nc(SCCOc2ccc(Br)cc2)n1CCCO. The van der Waals surface area contributed by atoms with Gasteiger partial charge in [0.05, 0.1) is 17.5 Å². The molecule has 1 aromatic heterocycles. The van der Waals surface area contributed by atoms with Crippen LogP contribution in [-0.2, 0) is 6.54 Å². The van der Waals surface area contributed by atoms with E-state index in [0.29, 0.717) is 41.4 Å². The first-order chi connectivity index (χ1) is 12.7. The molecule has 1 N–H and O–H groups in total. The Kier molecular flexibility index (Phi) is 6.71. The molecule has 0 aliphatic heterocycles. The van der Waals surface area contributed by atoms with E-state index in [4.69, 9.17) is 9.84 Å². The molecule has 2 aromatic carbocycles. The van der Waals surface area contributed by atoms with Crippen LogP contribution < -0.4 is 10.3 Å². The molecule has 0 aliphatic carbocycles. The van der Waals surface area contributed by atoms with Crippen LogP contribution in [0.3, 0.4) is 0 Å². The molecule has 5 nitrogen and oxygen atoms in total. The molecule has 0 atom stereocenters. The average molecular weight is 435 g/mol. The van der Waals surface area contributed by atoms with Crippen molar-refractivity contribution < 1.29 is 9.84 Å². The summed E-state index contributed by atoms with van der Waals surface area (Å²) in [5.74, 6) is 1.47. The molecule has 3 rings (SSSR count). The summed E-state index contributed by atoms with van der Waals surface area (Å²) in [4.78, 5) is 17.4. The second-order valence-corrected chi connectivity index (χ2v) is 7.57. The summed E-state index contributed by atoms with van der Waals surface area (Å²) in [5, 5.41) is 10.4. The number of benzene rings is 2. The summed E-state index contributed by atoms with van der Waals surface area (Å²) in [7, 11) is 0. The molecule has 3 aromatic rings. The Hall–Kier alpha value is -1.83. The van der Waals surface area contributed by atoms with E-state index in [-0.39, 0.29) is 12.2 Å². The highest BCUT2D eigenvalue weighted by atomic mass is 79.9. The molecule has 136 valence electrons. The van der Waals surface area contributed by atoms with Crippen LogP contribution >= 0.6 is 27.7 Å². The molecule has 0 saturated carbocycles. The van der Waals surface area contributed by atoms with Crippen molar-refractivity contribution in [2.45, 2.75) is 18.1 Å². The van der Waals surface area contributed by atoms with Gasteiger partial charge in [-0.25, -0.2) is 4.98 Å². The molecule has 1 heterocycles. The minimum atomic E-state index is -0.0691. The van der Waals surface area contributed by atoms with Gasteiger partial charge in [-0.1, -0.05) is 39.8 Å². The van der Waals surface area contributed by atoms with Crippen molar-refractivity contribution in [2.24, 2.45) is 0 Å². The van der Waals surface area contributed by atoms with Gasteiger partial charge in [0, 0.05) is 23.4 Å². The first-order valence-electron chi connectivity index (χ1n) is 8.30. The molecule has 7 heteroatoms. The lowest BCUT2D eigenvalue weighted by molar-refractivity contribution is 0.276. The Morgan fingerprint density at radius 3 is 2.69 bits per heavy atom. The van der Waals surface area contributed by atoms with E-state index in [9.17, 15) is 4.79 Å². The summed E-state index contributed by atoms with van der Waals surface area (Å²) in [6.07, 6.45) is 0.517. The van der Waals surface area contributed by atoms with Gasteiger partial charge in [0.15, 0.2) is 5.16 Å². The lowest BCUT2D eigenvalue weighted by Crippen LogP contribution is -2.24. The second kappa shape index (κ2) is 9.21.